The van der Waals surface area contributed by atoms with E-state index in [9.17, 15) is 4.79 Å². The minimum atomic E-state index is -0.323. The first-order valence-corrected chi connectivity index (χ1v) is 9.54. The maximum Gasteiger partial charge on any atom is 0.419 e. The molecule has 0 radical (unpaired) electrons. The molecular formula is C23H24ClN2O2+. The van der Waals surface area contributed by atoms with E-state index in [4.69, 9.17) is 21.6 Å². The molecule has 0 unspecified atom stereocenters. The summed E-state index contributed by atoms with van der Waals surface area (Å²) in [6.45, 7) is 12.4. The molecule has 2 aromatic carbocycles. The summed E-state index contributed by atoms with van der Waals surface area (Å²) in [6.07, 6.45) is -0.151. The van der Waals surface area contributed by atoms with Gasteiger partial charge in [-0.1, -0.05) is 29.8 Å². The van der Waals surface area contributed by atoms with Gasteiger partial charge in [0.05, 0.1) is 27.0 Å². The number of benzene rings is 2. The van der Waals surface area contributed by atoms with Crippen molar-refractivity contribution in [2.24, 2.45) is 10.8 Å². The van der Waals surface area contributed by atoms with Crippen molar-refractivity contribution in [2.45, 2.75) is 39.8 Å². The summed E-state index contributed by atoms with van der Waals surface area (Å²) >= 11 is 6.14. The van der Waals surface area contributed by atoms with Gasteiger partial charge in [-0.25, -0.2) is 4.79 Å². The Morgan fingerprint density at radius 3 is 2.29 bits per heavy atom. The van der Waals surface area contributed by atoms with E-state index < -0.39 is 0 Å². The smallest absolute Gasteiger partial charge is 0.419 e. The first kappa shape index (κ1) is 20.1. The van der Waals surface area contributed by atoms with Crippen LogP contribution in [0.5, 0.6) is 5.75 Å². The average molecular weight is 396 g/mol. The molecule has 1 aliphatic carbocycles. The Bertz CT molecular complexity index is 958. The summed E-state index contributed by atoms with van der Waals surface area (Å²) in [5.41, 5.74) is 0.385. The van der Waals surface area contributed by atoms with Crippen molar-refractivity contribution in [2.75, 3.05) is 0 Å². The van der Waals surface area contributed by atoms with Crippen molar-refractivity contribution in [1.29, 1.82) is 5.26 Å². The molecule has 1 fully saturated rings. The van der Waals surface area contributed by atoms with E-state index in [0.29, 0.717) is 21.9 Å². The number of nitrogens with zero attached hydrogens (tertiary/aromatic N) is 2. The van der Waals surface area contributed by atoms with Gasteiger partial charge in [0.15, 0.2) is 6.04 Å². The number of carbonyl (C=O) groups excluding carboxylic acids is 1. The normalized spacial score (nSPS) is 21.9. The molecule has 0 N–H and O–H groups in total. The minimum absolute atomic E-state index is 0.105. The number of amides is 1. The fourth-order valence-electron chi connectivity index (χ4n) is 4.87. The van der Waals surface area contributed by atoms with Crippen molar-refractivity contribution in [3.05, 3.63) is 64.7 Å². The maximum atomic E-state index is 12.9. The molecule has 0 saturated heterocycles. The predicted molar refractivity (Wildman–Crippen MR) is 110 cm³/mol. The molecule has 0 aromatic heterocycles. The number of hydrogen-bond acceptors (Lipinski definition) is 3. The van der Waals surface area contributed by atoms with Crippen LogP contribution in [0.25, 0.3) is 0 Å². The molecule has 1 saturated carbocycles. The van der Waals surface area contributed by atoms with Gasteiger partial charge in [0, 0.05) is 6.07 Å². The van der Waals surface area contributed by atoms with Gasteiger partial charge >= 0.3 is 5.91 Å². The van der Waals surface area contributed by atoms with Gasteiger partial charge in [-0.15, -0.1) is 0 Å². The number of halogens is 1. The third-order valence-corrected chi connectivity index (χ3v) is 5.98. The van der Waals surface area contributed by atoms with Crippen molar-refractivity contribution in [3.8, 4) is 11.8 Å². The summed E-state index contributed by atoms with van der Waals surface area (Å²) in [7, 11) is 0. The van der Waals surface area contributed by atoms with Gasteiger partial charge < -0.3 is 4.74 Å². The van der Waals surface area contributed by atoms with Crippen LogP contribution < -0.4 is 4.74 Å². The van der Waals surface area contributed by atoms with Crippen LogP contribution in [-0.2, 0) is 0 Å². The van der Waals surface area contributed by atoms with Gasteiger partial charge in [0.1, 0.15) is 24.6 Å². The Balaban J connectivity index is 1.84. The van der Waals surface area contributed by atoms with Crippen LogP contribution in [0.2, 0.25) is 5.02 Å². The third-order valence-electron chi connectivity index (χ3n) is 5.67. The van der Waals surface area contributed by atoms with Crippen LogP contribution in [0.1, 0.15) is 43.6 Å². The molecular weight excluding hydrogens is 372 g/mol. The quantitative estimate of drug-likeness (QED) is 0.543. The van der Waals surface area contributed by atoms with Crippen molar-refractivity contribution >= 4 is 24.2 Å². The van der Waals surface area contributed by atoms with Crippen molar-refractivity contribution < 1.29 is 14.1 Å². The fourth-order valence-corrected chi connectivity index (χ4v) is 5.09. The molecule has 4 nitrogen and oxygen atoms in total. The summed E-state index contributed by atoms with van der Waals surface area (Å²) in [5, 5.41) is 9.40. The number of carbonyl (C=O) groups is 1. The molecule has 2 aromatic rings. The summed E-state index contributed by atoms with van der Waals surface area (Å²) in [5.74, 6) is 0.505. The van der Waals surface area contributed by atoms with Gasteiger partial charge in [-0.2, -0.15) is 9.84 Å². The zero-order valence-corrected chi connectivity index (χ0v) is 17.3. The average Bonchev–Trinajstić information content (AvgIpc) is 2.65. The largest absolute Gasteiger partial charge is 0.489 e. The van der Waals surface area contributed by atoms with Crippen molar-refractivity contribution in [1.82, 2.24) is 0 Å². The van der Waals surface area contributed by atoms with Gasteiger partial charge in [-0.05, 0) is 52.0 Å². The molecule has 0 heterocycles. The second-order valence-electron chi connectivity index (χ2n) is 8.44. The molecule has 1 amide bonds. The highest BCUT2D eigenvalue weighted by atomic mass is 35.5. The SMILES string of the molecule is C=[N+](C(=O)c1ccccc1)C1C(C)(C)C(Oc2ccc(C#N)c(Cl)c2)C1(C)C. The van der Waals surface area contributed by atoms with E-state index in [1.807, 2.05) is 24.3 Å². The van der Waals surface area contributed by atoms with Crippen LogP contribution in [0.4, 0.5) is 0 Å². The Morgan fingerprint density at radius 1 is 1.14 bits per heavy atom. The summed E-state index contributed by atoms with van der Waals surface area (Å²) < 4.78 is 7.85. The van der Waals surface area contributed by atoms with E-state index >= 15 is 0 Å². The zero-order chi connectivity index (χ0) is 20.7. The predicted octanol–water partition coefficient (Wildman–Crippen LogP) is 4.95. The van der Waals surface area contributed by atoms with Gasteiger partial charge in [0.25, 0.3) is 0 Å². The van der Waals surface area contributed by atoms with Crippen LogP contribution in [-0.4, -0.2) is 29.3 Å². The lowest BCUT2D eigenvalue weighted by Crippen LogP contribution is -2.73. The molecule has 144 valence electrons. The molecule has 5 heteroatoms. The lowest BCUT2D eigenvalue weighted by molar-refractivity contribution is -0.546. The molecule has 28 heavy (non-hydrogen) atoms. The number of nitriles is 1. The van der Waals surface area contributed by atoms with E-state index in [-0.39, 0.29) is 28.9 Å². The highest BCUT2D eigenvalue weighted by Crippen LogP contribution is 2.57. The molecule has 0 spiro atoms. The second kappa shape index (κ2) is 7.07. The van der Waals surface area contributed by atoms with Crippen LogP contribution >= 0.6 is 11.6 Å². The molecule has 0 atom stereocenters. The Kier molecular flexibility index (Phi) is 5.08. The van der Waals surface area contributed by atoms with E-state index in [1.165, 1.54) is 0 Å². The zero-order valence-electron chi connectivity index (χ0n) is 16.6. The maximum absolute atomic E-state index is 12.9. The molecule has 0 aliphatic heterocycles. The van der Waals surface area contributed by atoms with Crippen LogP contribution in [0, 0.1) is 22.2 Å². The Labute approximate surface area is 171 Å². The molecule has 3 rings (SSSR count). The van der Waals surface area contributed by atoms with E-state index in [2.05, 4.69) is 34.4 Å². The number of ether oxygens (including phenoxy) is 1. The lowest BCUT2D eigenvalue weighted by Gasteiger charge is -2.58. The minimum Gasteiger partial charge on any atom is -0.489 e. The Morgan fingerprint density at radius 2 is 1.75 bits per heavy atom. The monoisotopic (exact) mass is 395 g/mol. The lowest BCUT2D eigenvalue weighted by atomic mass is 9.49. The highest BCUT2D eigenvalue weighted by Gasteiger charge is 2.70. The van der Waals surface area contributed by atoms with Crippen molar-refractivity contribution in [3.63, 3.8) is 0 Å². The van der Waals surface area contributed by atoms with E-state index in [1.54, 1.807) is 34.9 Å². The van der Waals surface area contributed by atoms with E-state index in [0.717, 1.165) is 0 Å². The topological polar surface area (TPSA) is 53.1 Å². The summed E-state index contributed by atoms with van der Waals surface area (Å²) in [6, 6.07) is 16.2. The summed E-state index contributed by atoms with van der Waals surface area (Å²) in [4.78, 5) is 12.9. The number of rotatable bonds is 4. The third kappa shape index (κ3) is 3.21. The Hall–Kier alpha value is -2.64. The van der Waals surface area contributed by atoms with Gasteiger partial charge in [0.2, 0.25) is 0 Å². The second-order valence-corrected chi connectivity index (χ2v) is 8.84. The standard InChI is InChI=1S/C23H24ClN2O2/c1-22(2)20(26(5)19(27)15-9-7-6-8-10-15)23(3,4)21(22)28-17-12-11-16(14-25)18(24)13-17/h6-13,20-21H,5H2,1-4H3/q+1. The highest BCUT2D eigenvalue weighted by molar-refractivity contribution is 6.31. The first-order chi connectivity index (χ1) is 13.1. The molecule has 0 bridgehead atoms. The number of hydrogen-bond donors (Lipinski definition) is 0. The first-order valence-electron chi connectivity index (χ1n) is 9.16. The van der Waals surface area contributed by atoms with Crippen LogP contribution in [0.3, 0.4) is 0 Å². The van der Waals surface area contributed by atoms with Gasteiger partial charge in [-0.3, -0.25) is 0 Å². The fraction of sp³-hybridized carbons (Fsp3) is 0.348. The molecule has 1 aliphatic rings. The van der Waals surface area contributed by atoms with Crippen LogP contribution in [0.15, 0.2) is 48.5 Å².